The second kappa shape index (κ2) is 12.3. The fourth-order valence-corrected chi connectivity index (χ4v) is 4.09. The second-order valence-corrected chi connectivity index (χ2v) is 8.66. The Bertz CT molecular complexity index is 1190. The van der Waals surface area contributed by atoms with E-state index in [0.717, 1.165) is 53.4 Å². The molecule has 36 heavy (non-hydrogen) atoms. The minimum atomic E-state index is -0.311. The van der Waals surface area contributed by atoms with Crippen LogP contribution in [-0.4, -0.2) is 59.7 Å². The van der Waals surface area contributed by atoms with Crippen LogP contribution in [0.3, 0.4) is 0 Å². The highest BCUT2D eigenvalue weighted by Gasteiger charge is 2.22. The van der Waals surface area contributed by atoms with Crippen LogP contribution in [0.15, 0.2) is 48.0 Å². The molecule has 0 saturated heterocycles. The molecule has 2 aromatic carbocycles. The van der Waals surface area contributed by atoms with Gasteiger partial charge in [0.15, 0.2) is 5.82 Å². The van der Waals surface area contributed by atoms with E-state index in [1.807, 2.05) is 37.4 Å². The number of carbonyl (C=O) groups excluding carboxylic acids is 1. The predicted octanol–water partition coefficient (Wildman–Crippen LogP) is 4.04. The Morgan fingerprint density at radius 2 is 1.86 bits per heavy atom. The number of aryl methyl sites for hydroxylation is 1. The third kappa shape index (κ3) is 6.28. The standard InChI is InChI=1S/C27H33N5O4/c1-4-5-14-35-15-16-36-24-9-6-20(7-10-24)21-8-11-25-23(17-21)18-22(27(33)34-3)12-13-32(25)19-26-28-29-30-31(26)2/h6-11,17-18H,4-5,12-16,19H2,1-3H3. The highest BCUT2D eigenvalue weighted by atomic mass is 16.5. The molecular weight excluding hydrogens is 458 g/mol. The van der Waals surface area contributed by atoms with Crippen LogP contribution < -0.4 is 9.64 Å². The molecule has 0 aliphatic carbocycles. The van der Waals surface area contributed by atoms with E-state index in [0.29, 0.717) is 38.3 Å². The average Bonchev–Trinajstić information content (AvgIpc) is 3.22. The molecule has 9 heteroatoms. The van der Waals surface area contributed by atoms with E-state index >= 15 is 0 Å². The van der Waals surface area contributed by atoms with Gasteiger partial charge in [-0.05, 0) is 70.3 Å². The summed E-state index contributed by atoms with van der Waals surface area (Å²) in [5.74, 6) is 1.25. The van der Waals surface area contributed by atoms with Gasteiger partial charge in [0.1, 0.15) is 12.4 Å². The van der Waals surface area contributed by atoms with E-state index in [2.05, 4.69) is 45.5 Å². The molecule has 3 aromatic rings. The van der Waals surface area contributed by atoms with Gasteiger partial charge in [-0.2, -0.15) is 0 Å². The molecule has 2 heterocycles. The number of hydrogen-bond donors (Lipinski definition) is 0. The molecule has 1 aromatic heterocycles. The van der Waals surface area contributed by atoms with Gasteiger partial charge in [-0.3, -0.25) is 0 Å². The second-order valence-electron chi connectivity index (χ2n) is 8.66. The summed E-state index contributed by atoms with van der Waals surface area (Å²) in [4.78, 5) is 14.6. The van der Waals surface area contributed by atoms with Gasteiger partial charge in [0, 0.05) is 31.5 Å². The normalized spacial score (nSPS) is 13.1. The first-order chi connectivity index (χ1) is 17.6. The van der Waals surface area contributed by atoms with Crippen LogP contribution in [0.2, 0.25) is 0 Å². The summed E-state index contributed by atoms with van der Waals surface area (Å²) < 4.78 is 18.0. The zero-order chi connectivity index (χ0) is 25.3. The average molecular weight is 492 g/mol. The lowest BCUT2D eigenvalue weighted by molar-refractivity contribution is -0.136. The van der Waals surface area contributed by atoms with Crippen LogP contribution in [0.1, 0.15) is 37.6 Å². The molecule has 4 rings (SSSR count). The molecule has 1 aliphatic heterocycles. The van der Waals surface area contributed by atoms with Crippen molar-refractivity contribution >= 4 is 17.7 Å². The van der Waals surface area contributed by atoms with Crippen LogP contribution in [-0.2, 0) is 27.9 Å². The third-order valence-electron chi connectivity index (χ3n) is 6.16. The van der Waals surface area contributed by atoms with Crippen molar-refractivity contribution in [1.82, 2.24) is 20.2 Å². The third-order valence-corrected chi connectivity index (χ3v) is 6.16. The van der Waals surface area contributed by atoms with E-state index < -0.39 is 0 Å². The summed E-state index contributed by atoms with van der Waals surface area (Å²) in [7, 11) is 3.23. The number of esters is 1. The van der Waals surface area contributed by atoms with Gasteiger partial charge in [0.2, 0.25) is 0 Å². The minimum absolute atomic E-state index is 0.311. The number of anilines is 1. The maximum absolute atomic E-state index is 12.4. The van der Waals surface area contributed by atoms with Crippen LogP contribution in [0.4, 0.5) is 5.69 Å². The number of benzene rings is 2. The lowest BCUT2D eigenvalue weighted by Crippen LogP contribution is -2.26. The smallest absolute Gasteiger partial charge is 0.333 e. The zero-order valence-corrected chi connectivity index (χ0v) is 21.1. The maximum atomic E-state index is 12.4. The Kier molecular flexibility index (Phi) is 8.67. The number of unbranched alkanes of at least 4 members (excludes halogenated alkanes) is 1. The van der Waals surface area contributed by atoms with Gasteiger partial charge in [-0.1, -0.05) is 31.5 Å². The molecular formula is C27H33N5O4. The van der Waals surface area contributed by atoms with Crippen molar-refractivity contribution in [1.29, 1.82) is 0 Å². The summed E-state index contributed by atoms with van der Waals surface area (Å²) in [6, 6.07) is 14.3. The van der Waals surface area contributed by atoms with Gasteiger partial charge < -0.3 is 19.1 Å². The van der Waals surface area contributed by atoms with Crippen LogP contribution >= 0.6 is 0 Å². The topological polar surface area (TPSA) is 91.6 Å². The molecule has 0 spiro atoms. The summed E-state index contributed by atoms with van der Waals surface area (Å²) in [5.41, 5.74) is 4.71. The molecule has 0 atom stereocenters. The zero-order valence-electron chi connectivity index (χ0n) is 21.1. The molecule has 9 nitrogen and oxygen atoms in total. The first-order valence-electron chi connectivity index (χ1n) is 12.3. The lowest BCUT2D eigenvalue weighted by atomic mass is 10.00. The SMILES string of the molecule is CCCCOCCOc1ccc(-c2ccc3c(c2)C=C(C(=O)OC)CCN3Cc2nnnn2C)cc1. The van der Waals surface area contributed by atoms with Gasteiger partial charge >= 0.3 is 5.97 Å². The Labute approximate surface area is 211 Å². The summed E-state index contributed by atoms with van der Waals surface area (Å²) in [6.07, 6.45) is 4.69. The van der Waals surface area contributed by atoms with Crippen molar-refractivity contribution in [3.8, 4) is 16.9 Å². The number of carbonyl (C=O) groups is 1. The molecule has 0 saturated carbocycles. The van der Waals surface area contributed by atoms with E-state index in [4.69, 9.17) is 14.2 Å². The summed E-state index contributed by atoms with van der Waals surface area (Å²) in [6.45, 7) is 5.21. The first kappa shape index (κ1) is 25.4. The lowest BCUT2D eigenvalue weighted by Gasteiger charge is -2.24. The summed E-state index contributed by atoms with van der Waals surface area (Å²) in [5, 5.41) is 11.8. The molecule has 0 unspecified atom stereocenters. The van der Waals surface area contributed by atoms with Gasteiger partial charge in [0.25, 0.3) is 0 Å². The number of ether oxygens (including phenoxy) is 3. The Balaban J connectivity index is 1.53. The van der Waals surface area contributed by atoms with Crippen LogP contribution in [0.25, 0.3) is 17.2 Å². The molecule has 0 amide bonds. The molecule has 0 fully saturated rings. The van der Waals surface area contributed by atoms with Crippen molar-refractivity contribution in [3.05, 3.63) is 59.4 Å². The number of tetrazole rings is 1. The van der Waals surface area contributed by atoms with Gasteiger partial charge in [-0.25, -0.2) is 9.48 Å². The Hall–Kier alpha value is -3.72. The molecule has 0 bridgehead atoms. The minimum Gasteiger partial charge on any atom is -0.491 e. The fourth-order valence-electron chi connectivity index (χ4n) is 4.09. The quantitative estimate of drug-likeness (QED) is 0.293. The van der Waals surface area contributed by atoms with E-state index in [1.165, 1.54) is 7.11 Å². The van der Waals surface area contributed by atoms with Crippen LogP contribution in [0.5, 0.6) is 5.75 Å². The Morgan fingerprint density at radius 3 is 2.58 bits per heavy atom. The van der Waals surface area contributed by atoms with Crippen molar-refractivity contribution in [2.45, 2.75) is 32.7 Å². The van der Waals surface area contributed by atoms with Crippen molar-refractivity contribution in [2.75, 3.05) is 38.4 Å². The maximum Gasteiger partial charge on any atom is 0.333 e. The molecule has 1 aliphatic rings. The molecule has 190 valence electrons. The predicted molar refractivity (Wildman–Crippen MR) is 138 cm³/mol. The number of fused-ring (bicyclic) bond motifs is 1. The van der Waals surface area contributed by atoms with Crippen molar-refractivity contribution in [3.63, 3.8) is 0 Å². The first-order valence-corrected chi connectivity index (χ1v) is 12.3. The number of rotatable bonds is 11. The number of aromatic nitrogens is 4. The monoisotopic (exact) mass is 491 g/mol. The fraction of sp³-hybridized carbons (Fsp3) is 0.407. The Morgan fingerprint density at radius 1 is 1.06 bits per heavy atom. The van der Waals surface area contributed by atoms with Crippen LogP contribution in [0, 0.1) is 0 Å². The van der Waals surface area contributed by atoms with E-state index in [-0.39, 0.29) is 5.97 Å². The molecule has 0 N–H and O–H groups in total. The number of nitrogens with zero attached hydrogens (tertiary/aromatic N) is 5. The van der Waals surface area contributed by atoms with Crippen molar-refractivity contribution in [2.24, 2.45) is 7.05 Å². The van der Waals surface area contributed by atoms with Crippen molar-refractivity contribution < 1.29 is 19.0 Å². The number of methoxy groups -OCH3 is 1. The van der Waals surface area contributed by atoms with Gasteiger partial charge in [-0.15, -0.1) is 5.10 Å². The van der Waals surface area contributed by atoms with Gasteiger partial charge in [0.05, 0.1) is 20.3 Å². The van der Waals surface area contributed by atoms with E-state index in [1.54, 1.807) is 4.68 Å². The van der Waals surface area contributed by atoms with E-state index in [9.17, 15) is 4.79 Å². The highest BCUT2D eigenvalue weighted by Crippen LogP contribution is 2.33. The molecule has 0 radical (unpaired) electrons. The highest BCUT2D eigenvalue weighted by molar-refractivity contribution is 5.96. The number of hydrogen-bond acceptors (Lipinski definition) is 8. The largest absolute Gasteiger partial charge is 0.491 e. The summed E-state index contributed by atoms with van der Waals surface area (Å²) >= 11 is 0.